The van der Waals surface area contributed by atoms with Crippen LogP contribution in [-0.2, 0) is 6.18 Å². The Bertz CT molecular complexity index is 1300. The summed E-state index contributed by atoms with van der Waals surface area (Å²) in [7, 11) is 0. The van der Waals surface area contributed by atoms with E-state index < -0.39 is 33.6 Å². The highest BCUT2D eigenvalue weighted by Crippen LogP contribution is 2.33. The first-order valence-electron chi connectivity index (χ1n) is 8.18. The van der Waals surface area contributed by atoms with Gasteiger partial charge in [-0.2, -0.15) is 13.2 Å². The third-order valence-corrected chi connectivity index (χ3v) is 4.47. The molecule has 4 rings (SSSR count). The molecule has 0 amide bonds. The summed E-state index contributed by atoms with van der Waals surface area (Å²) < 4.78 is 40.5. The molecule has 0 N–H and O–H groups in total. The monoisotopic (exact) mass is 384 g/mol. The van der Waals surface area contributed by atoms with Gasteiger partial charge < -0.3 is 9.94 Å². The van der Waals surface area contributed by atoms with Crippen molar-refractivity contribution in [2.45, 2.75) is 6.18 Å². The Morgan fingerprint density at radius 2 is 1.57 bits per heavy atom. The molecule has 0 aliphatic heterocycles. The van der Waals surface area contributed by atoms with Gasteiger partial charge in [-0.1, -0.05) is 54.6 Å². The molecule has 0 saturated carbocycles. The first kappa shape index (κ1) is 17.7. The molecule has 0 fully saturated rings. The molecule has 5 nitrogen and oxygen atoms in total. The van der Waals surface area contributed by atoms with Crippen molar-refractivity contribution in [1.82, 2.24) is 4.73 Å². The Hall–Kier alpha value is -3.68. The van der Waals surface area contributed by atoms with E-state index in [-0.39, 0.29) is 15.5 Å². The molecule has 0 spiro atoms. The van der Waals surface area contributed by atoms with Gasteiger partial charge in [-0.25, -0.2) is 0 Å². The molecule has 3 aromatic carbocycles. The van der Waals surface area contributed by atoms with Gasteiger partial charge in [0.05, 0.1) is 4.43 Å². The first-order valence-corrected chi connectivity index (χ1v) is 8.18. The van der Waals surface area contributed by atoms with Crippen LogP contribution in [0, 0.1) is 10.1 Å². The van der Waals surface area contributed by atoms with Gasteiger partial charge in [0.15, 0.2) is 0 Å². The highest BCUT2D eigenvalue weighted by atomic mass is 19.4. The number of alkyl halides is 3. The molecule has 0 radical (unpaired) electrons. The molecule has 8 heteroatoms. The van der Waals surface area contributed by atoms with E-state index in [2.05, 4.69) is 0 Å². The maximum absolute atomic E-state index is 13.7. The van der Waals surface area contributed by atoms with Crippen molar-refractivity contribution in [2.24, 2.45) is 0 Å². The number of carbonyl (C=O) groups excluding carboxylic acids is 1. The van der Waals surface area contributed by atoms with Crippen molar-refractivity contribution in [3.8, 4) is 0 Å². The topological polar surface area (TPSA) is 68.0 Å². The summed E-state index contributed by atoms with van der Waals surface area (Å²) in [5.74, 6) is -1.17. The second-order valence-corrected chi connectivity index (χ2v) is 6.13. The van der Waals surface area contributed by atoms with Crippen LogP contribution >= 0.6 is 0 Å². The lowest BCUT2D eigenvalue weighted by atomic mass is 9.98. The maximum Gasteiger partial charge on any atom is 0.438 e. The number of ketones is 1. The lowest BCUT2D eigenvalue weighted by molar-refractivity contribution is -0.470. The highest BCUT2D eigenvalue weighted by molar-refractivity contribution is 6.15. The molecule has 0 saturated heterocycles. The molecule has 1 aromatic heterocycles. The molecule has 0 bridgehead atoms. The number of fused-ring (bicyclic) bond motifs is 2. The standard InChI is InChI=1S/C20H11F3N2O3/c21-20(22,23)19-17(24(27)15-10-3-4-11-16(15)25(19)28)18(26)14-9-5-7-12-6-1-2-8-13(12)14/h1-11H. The second-order valence-electron chi connectivity index (χ2n) is 6.13. The van der Waals surface area contributed by atoms with Crippen LogP contribution in [0.5, 0.6) is 0 Å². The second kappa shape index (κ2) is 6.19. The zero-order valence-electron chi connectivity index (χ0n) is 14.1. The zero-order chi connectivity index (χ0) is 20.1. The minimum atomic E-state index is -5.20. The fourth-order valence-electron chi connectivity index (χ4n) is 3.24. The predicted molar refractivity (Wildman–Crippen MR) is 96.5 cm³/mol. The Morgan fingerprint density at radius 3 is 2.32 bits per heavy atom. The van der Waals surface area contributed by atoms with Gasteiger partial charge >= 0.3 is 11.9 Å². The van der Waals surface area contributed by atoms with Crippen LogP contribution in [0.4, 0.5) is 13.2 Å². The normalized spacial score (nSPS) is 11.8. The molecule has 4 aromatic rings. The van der Waals surface area contributed by atoms with Gasteiger partial charge in [0, 0.05) is 16.5 Å². The first-order chi connectivity index (χ1) is 13.3. The quantitative estimate of drug-likeness (QED) is 0.382. The molecular formula is C20H11F3N2O3. The minimum absolute atomic E-state index is 0.0940. The van der Waals surface area contributed by atoms with E-state index in [9.17, 15) is 28.1 Å². The van der Waals surface area contributed by atoms with Crippen LogP contribution in [0.15, 0.2) is 66.7 Å². The van der Waals surface area contributed by atoms with Crippen molar-refractivity contribution in [2.75, 3.05) is 0 Å². The van der Waals surface area contributed by atoms with Gasteiger partial charge in [0.2, 0.25) is 5.69 Å². The average molecular weight is 384 g/mol. The van der Waals surface area contributed by atoms with E-state index in [1.54, 1.807) is 30.3 Å². The average Bonchev–Trinajstić information content (AvgIpc) is 2.68. The zero-order valence-corrected chi connectivity index (χ0v) is 14.1. The van der Waals surface area contributed by atoms with Crippen molar-refractivity contribution < 1.29 is 22.4 Å². The van der Waals surface area contributed by atoms with Crippen LogP contribution in [0.2, 0.25) is 0 Å². The molecule has 140 valence electrons. The molecular weight excluding hydrogens is 373 g/mol. The SMILES string of the molecule is O=C(c1cccc2ccccc12)c1c(C(F)(F)F)n([O-])c2ccccc2[n+]1=O. The van der Waals surface area contributed by atoms with Crippen LogP contribution in [0.25, 0.3) is 21.8 Å². The molecule has 1 heterocycles. The summed E-state index contributed by atoms with van der Waals surface area (Å²) in [5, 5.41) is 13.4. The molecule has 0 unspecified atom stereocenters. The van der Waals surface area contributed by atoms with E-state index in [1.165, 1.54) is 30.3 Å². The summed E-state index contributed by atoms with van der Waals surface area (Å²) >= 11 is 0. The lowest BCUT2D eigenvalue weighted by Crippen LogP contribution is -2.35. The Labute approximate surface area is 155 Å². The number of rotatable bonds is 2. The van der Waals surface area contributed by atoms with Gasteiger partial charge in [-0.3, -0.25) is 4.79 Å². The van der Waals surface area contributed by atoms with Gasteiger partial charge in [0.1, 0.15) is 5.52 Å². The third kappa shape index (κ3) is 2.61. The number of benzene rings is 3. The number of halogens is 3. The molecule has 28 heavy (non-hydrogen) atoms. The number of aromatic nitrogens is 2. The summed E-state index contributed by atoms with van der Waals surface area (Å²) in [6.45, 7) is 0. The number of carbonyl (C=O) groups is 1. The fraction of sp³-hybridized carbons (Fsp3) is 0.0500. The lowest BCUT2D eigenvalue weighted by Gasteiger charge is -2.20. The van der Waals surface area contributed by atoms with E-state index in [0.717, 1.165) is 6.07 Å². The summed E-state index contributed by atoms with van der Waals surface area (Å²) in [6, 6.07) is 16.1. The smallest absolute Gasteiger partial charge is 0.438 e. The fourth-order valence-corrected chi connectivity index (χ4v) is 3.24. The Morgan fingerprint density at radius 1 is 0.929 bits per heavy atom. The maximum atomic E-state index is 13.7. The number of nitrogens with zero attached hydrogens (tertiary/aromatic N) is 2. The van der Waals surface area contributed by atoms with Gasteiger partial charge in [0.25, 0.3) is 11.3 Å². The Balaban J connectivity index is 2.12. The van der Waals surface area contributed by atoms with Crippen LogP contribution in [-0.4, -0.2) is 10.5 Å². The third-order valence-electron chi connectivity index (χ3n) is 4.47. The number of hydrogen-bond donors (Lipinski definition) is 0. The van der Waals surface area contributed by atoms with Crippen molar-refractivity contribution in [3.63, 3.8) is 0 Å². The van der Waals surface area contributed by atoms with Gasteiger partial charge in [-0.15, -0.1) is 0 Å². The summed E-state index contributed by atoms with van der Waals surface area (Å²) in [5.41, 5.74) is -3.98. The largest absolute Gasteiger partial charge is 0.805 e. The van der Waals surface area contributed by atoms with Crippen molar-refractivity contribution >= 4 is 27.6 Å². The minimum Gasteiger partial charge on any atom is -0.805 e. The number of para-hydroxylation sites is 2. The van der Waals surface area contributed by atoms with Crippen molar-refractivity contribution in [1.29, 1.82) is 0 Å². The van der Waals surface area contributed by atoms with Crippen LogP contribution < -0.4 is 4.43 Å². The van der Waals surface area contributed by atoms with E-state index in [0.29, 0.717) is 10.8 Å². The Kier molecular flexibility index (Phi) is 3.92. The van der Waals surface area contributed by atoms with E-state index in [4.69, 9.17) is 0 Å². The highest BCUT2D eigenvalue weighted by Gasteiger charge is 2.45. The van der Waals surface area contributed by atoms with E-state index >= 15 is 0 Å². The predicted octanol–water partition coefficient (Wildman–Crippen LogP) is 4.30. The molecule has 0 atom stereocenters. The van der Waals surface area contributed by atoms with E-state index in [1.807, 2.05) is 0 Å². The van der Waals surface area contributed by atoms with Crippen LogP contribution in [0.3, 0.4) is 0 Å². The number of hydrogen-bond acceptors (Lipinski definition) is 3. The summed E-state index contributed by atoms with van der Waals surface area (Å²) in [4.78, 5) is 25.8. The van der Waals surface area contributed by atoms with Crippen LogP contribution in [0.1, 0.15) is 21.7 Å². The summed E-state index contributed by atoms with van der Waals surface area (Å²) in [6.07, 6.45) is -5.20. The van der Waals surface area contributed by atoms with Gasteiger partial charge in [-0.05, 0) is 16.8 Å². The molecule has 0 aliphatic rings. The van der Waals surface area contributed by atoms with Crippen molar-refractivity contribution in [3.05, 3.63) is 93.8 Å². The molecule has 0 aliphatic carbocycles.